The number of anilines is 1. The molecule has 0 saturated carbocycles. The molecule has 102 valence electrons. The Morgan fingerprint density at radius 3 is 2.95 bits per heavy atom. The van der Waals surface area contributed by atoms with Crippen molar-refractivity contribution >= 4 is 32.6 Å². The Labute approximate surface area is 118 Å². The minimum Gasteiger partial charge on any atom is -0.340 e. The Morgan fingerprint density at radius 1 is 1.35 bits per heavy atom. The summed E-state index contributed by atoms with van der Waals surface area (Å²) in [6.07, 6.45) is 0.0757. The van der Waals surface area contributed by atoms with E-state index in [4.69, 9.17) is 4.52 Å². The molecule has 0 radical (unpaired) electrons. The summed E-state index contributed by atoms with van der Waals surface area (Å²) in [5, 5.41) is 7.02. The molecular weight excluding hydrogens is 276 g/mol. The zero-order valence-corrected chi connectivity index (χ0v) is 11.8. The van der Waals surface area contributed by atoms with Crippen molar-refractivity contribution in [3.63, 3.8) is 0 Å². The van der Waals surface area contributed by atoms with Crippen LogP contribution in [0.2, 0.25) is 0 Å². The van der Waals surface area contributed by atoms with E-state index < -0.39 is 0 Å². The Kier molecular flexibility index (Phi) is 3.19. The first-order chi connectivity index (χ1) is 9.60. The molecule has 0 aliphatic carbocycles. The van der Waals surface area contributed by atoms with Gasteiger partial charge in [-0.2, -0.15) is 4.98 Å². The lowest BCUT2D eigenvalue weighted by Gasteiger charge is -1.97. The standard InChI is InChI=1S/C13H12N4O2S/c1-7-3-4-9-10(5-7)20-13(15-9)16-12(18)6-11-14-8(2)19-17-11/h3-5H,6H2,1-2H3,(H,15,16,18). The van der Waals surface area contributed by atoms with Crippen LogP contribution in [0.1, 0.15) is 17.3 Å². The third kappa shape index (κ3) is 2.67. The van der Waals surface area contributed by atoms with E-state index in [1.807, 2.05) is 25.1 Å². The van der Waals surface area contributed by atoms with E-state index in [2.05, 4.69) is 20.4 Å². The molecule has 20 heavy (non-hydrogen) atoms. The number of carbonyl (C=O) groups excluding carboxylic acids is 1. The van der Waals surface area contributed by atoms with Crippen molar-refractivity contribution in [2.45, 2.75) is 20.3 Å². The Balaban J connectivity index is 1.73. The lowest BCUT2D eigenvalue weighted by atomic mass is 10.2. The first kappa shape index (κ1) is 12.7. The van der Waals surface area contributed by atoms with Crippen molar-refractivity contribution in [1.29, 1.82) is 0 Å². The van der Waals surface area contributed by atoms with E-state index in [0.717, 1.165) is 10.2 Å². The fourth-order valence-corrected chi connectivity index (χ4v) is 2.79. The largest absolute Gasteiger partial charge is 0.340 e. The highest BCUT2D eigenvalue weighted by atomic mass is 32.1. The second kappa shape index (κ2) is 5.01. The third-order valence-electron chi connectivity index (χ3n) is 2.68. The van der Waals surface area contributed by atoms with Gasteiger partial charge in [0.25, 0.3) is 0 Å². The molecule has 7 heteroatoms. The second-order valence-corrected chi connectivity index (χ2v) is 5.48. The van der Waals surface area contributed by atoms with E-state index in [0.29, 0.717) is 16.8 Å². The van der Waals surface area contributed by atoms with Crippen LogP contribution in [0.5, 0.6) is 0 Å². The molecule has 0 aliphatic heterocycles. The lowest BCUT2D eigenvalue weighted by Crippen LogP contribution is -2.14. The van der Waals surface area contributed by atoms with E-state index in [1.54, 1.807) is 6.92 Å². The first-order valence-corrected chi connectivity index (χ1v) is 6.88. The van der Waals surface area contributed by atoms with Gasteiger partial charge in [-0.25, -0.2) is 4.98 Å². The van der Waals surface area contributed by atoms with Crippen LogP contribution in [-0.2, 0) is 11.2 Å². The summed E-state index contributed by atoms with van der Waals surface area (Å²) in [4.78, 5) is 20.2. The lowest BCUT2D eigenvalue weighted by molar-refractivity contribution is -0.115. The van der Waals surface area contributed by atoms with Crippen LogP contribution in [0.3, 0.4) is 0 Å². The summed E-state index contributed by atoms with van der Waals surface area (Å²) in [5.41, 5.74) is 2.05. The average molecular weight is 288 g/mol. The molecule has 1 N–H and O–H groups in total. The minimum atomic E-state index is -0.207. The minimum absolute atomic E-state index is 0.0757. The van der Waals surface area contributed by atoms with Crippen LogP contribution in [0.4, 0.5) is 5.13 Å². The number of hydrogen-bond acceptors (Lipinski definition) is 6. The molecule has 3 rings (SSSR count). The maximum Gasteiger partial charge on any atom is 0.233 e. The maximum atomic E-state index is 11.9. The van der Waals surface area contributed by atoms with E-state index in [-0.39, 0.29) is 12.3 Å². The molecule has 0 saturated heterocycles. The van der Waals surface area contributed by atoms with E-state index >= 15 is 0 Å². The molecule has 0 aliphatic rings. The monoisotopic (exact) mass is 288 g/mol. The Bertz CT molecular complexity index is 778. The van der Waals surface area contributed by atoms with Crippen LogP contribution in [0.15, 0.2) is 22.7 Å². The first-order valence-electron chi connectivity index (χ1n) is 6.06. The molecule has 1 amide bonds. The Hall–Kier alpha value is -2.28. The summed E-state index contributed by atoms with van der Waals surface area (Å²) in [5.74, 6) is 0.613. The van der Waals surface area contributed by atoms with Gasteiger partial charge in [0.15, 0.2) is 11.0 Å². The number of amides is 1. The fourth-order valence-electron chi connectivity index (χ4n) is 1.81. The van der Waals surface area contributed by atoms with Crippen LogP contribution in [0, 0.1) is 13.8 Å². The molecule has 3 aromatic rings. The molecule has 0 spiro atoms. The smallest absolute Gasteiger partial charge is 0.233 e. The number of aromatic nitrogens is 3. The average Bonchev–Trinajstić information content (AvgIpc) is 2.94. The van der Waals surface area contributed by atoms with E-state index in [1.165, 1.54) is 16.9 Å². The molecular formula is C13H12N4O2S. The topological polar surface area (TPSA) is 80.9 Å². The molecule has 6 nitrogen and oxygen atoms in total. The summed E-state index contributed by atoms with van der Waals surface area (Å²) < 4.78 is 5.87. The molecule has 0 atom stereocenters. The zero-order valence-electron chi connectivity index (χ0n) is 11.0. The van der Waals surface area contributed by atoms with Gasteiger partial charge < -0.3 is 9.84 Å². The van der Waals surface area contributed by atoms with Gasteiger partial charge in [-0.1, -0.05) is 22.6 Å². The van der Waals surface area contributed by atoms with Crippen LogP contribution in [-0.4, -0.2) is 21.0 Å². The highest BCUT2D eigenvalue weighted by Crippen LogP contribution is 2.26. The highest BCUT2D eigenvalue weighted by Gasteiger charge is 2.12. The number of carbonyl (C=O) groups is 1. The predicted octanol–water partition coefficient (Wildman–Crippen LogP) is 2.48. The number of nitrogens with one attached hydrogen (secondary N) is 1. The summed E-state index contributed by atoms with van der Waals surface area (Å²) >= 11 is 1.45. The van der Waals surface area contributed by atoms with Crippen LogP contribution >= 0.6 is 11.3 Å². The normalized spacial score (nSPS) is 10.9. The molecule has 1 aromatic carbocycles. The number of hydrogen-bond donors (Lipinski definition) is 1. The SMILES string of the molecule is Cc1ccc2nc(NC(=O)Cc3noc(C)n3)sc2c1. The third-order valence-corrected chi connectivity index (χ3v) is 3.61. The van der Waals surface area contributed by atoms with Crippen molar-refractivity contribution in [2.75, 3.05) is 5.32 Å². The number of thiazole rings is 1. The van der Waals surface area contributed by atoms with Crippen LogP contribution < -0.4 is 5.32 Å². The number of fused-ring (bicyclic) bond motifs is 1. The van der Waals surface area contributed by atoms with Crippen molar-refractivity contribution in [2.24, 2.45) is 0 Å². The van der Waals surface area contributed by atoms with Gasteiger partial charge in [0.1, 0.15) is 0 Å². The van der Waals surface area contributed by atoms with Gasteiger partial charge in [-0.15, -0.1) is 0 Å². The molecule has 0 bridgehead atoms. The quantitative estimate of drug-likeness (QED) is 0.800. The summed E-state index contributed by atoms with van der Waals surface area (Å²) in [7, 11) is 0. The maximum absolute atomic E-state index is 11.9. The van der Waals surface area contributed by atoms with Crippen LogP contribution in [0.25, 0.3) is 10.2 Å². The van der Waals surface area contributed by atoms with Gasteiger partial charge >= 0.3 is 0 Å². The summed E-state index contributed by atoms with van der Waals surface area (Å²) in [6.45, 7) is 3.71. The molecule has 0 fully saturated rings. The van der Waals surface area contributed by atoms with Gasteiger partial charge in [0.2, 0.25) is 11.8 Å². The zero-order chi connectivity index (χ0) is 14.1. The van der Waals surface area contributed by atoms with Gasteiger partial charge in [0, 0.05) is 6.92 Å². The number of nitrogens with zero attached hydrogens (tertiary/aromatic N) is 3. The number of aryl methyl sites for hydroxylation is 2. The van der Waals surface area contributed by atoms with Crippen molar-refractivity contribution in [3.8, 4) is 0 Å². The molecule has 2 heterocycles. The fraction of sp³-hybridized carbons (Fsp3) is 0.231. The number of rotatable bonds is 3. The highest BCUT2D eigenvalue weighted by molar-refractivity contribution is 7.22. The molecule has 2 aromatic heterocycles. The second-order valence-electron chi connectivity index (χ2n) is 4.44. The number of benzene rings is 1. The predicted molar refractivity (Wildman–Crippen MR) is 75.7 cm³/mol. The van der Waals surface area contributed by atoms with Gasteiger partial charge in [0.05, 0.1) is 16.6 Å². The van der Waals surface area contributed by atoms with Crippen molar-refractivity contribution in [3.05, 3.63) is 35.5 Å². The van der Waals surface area contributed by atoms with Gasteiger partial charge in [-0.05, 0) is 24.6 Å². The van der Waals surface area contributed by atoms with Crippen molar-refractivity contribution in [1.82, 2.24) is 15.1 Å². The van der Waals surface area contributed by atoms with E-state index in [9.17, 15) is 4.79 Å². The Morgan fingerprint density at radius 2 is 2.20 bits per heavy atom. The summed E-state index contributed by atoms with van der Waals surface area (Å²) in [6, 6.07) is 5.99. The molecule has 0 unspecified atom stereocenters. The van der Waals surface area contributed by atoms with Crippen molar-refractivity contribution < 1.29 is 9.32 Å². The van der Waals surface area contributed by atoms with Gasteiger partial charge in [-0.3, -0.25) is 4.79 Å².